The molecule has 1 amide bonds. The summed E-state index contributed by atoms with van der Waals surface area (Å²) in [5, 5.41) is 14.1. The number of benzene rings is 1. The average Bonchev–Trinajstić information content (AvgIpc) is 3.33. The van der Waals surface area contributed by atoms with Crippen LogP contribution < -0.4 is 5.32 Å². The van der Waals surface area contributed by atoms with E-state index in [2.05, 4.69) is 20.8 Å². The van der Waals surface area contributed by atoms with Gasteiger partial charge in [0.1, 0.15) is 10.9 Å². The van der Waals surface area contributed by atoms with Crippen LogP contribution in [0.4, 0.5) is 0 Å². The van der Waals surface area contributed by atoms with E-state index in [0.717, 1.165) is 5.56 Å². The predicted octanol–water partition coefficient (Wildman–Crippen LogP) is 2.17. The highest BCUT2D eigenvalue weighted by molar-refractivity contribution is 7.90. The molecule has 1 unspecified atom stereocenters. The van der Waals surface area contributed by atoms with Gasteiger partial charge >= 0.3 is 0 Å². The maximum absolute atomic E-state index is 12.4. The van der Waals surface area contributed by atoms with Gasteiger partial charge in [0, 0.05) is 23.9 Å². The summed E-state index contributed by atoms with van der Waals surface area (Å²) in [4.78, 5) is 12.4. The molecule has 0 bridgehead atoms. The normalized spacial score (nSPS) is 20.1. The number of nitrogens with zero attached hydrogens (tertiary/aromatic N) is 4. The number of nitrogens with one attached hydrogen (secondary N) is 1. The molecule has 1 aromatic carbocycles. The summed E-state index contributed by atoms with van der Waals surface area (Å²) in [5.74, 6) is -0.175. The van der Waals surface area contributed by atoms with Crippen molar-refractivity contribution in [2.24, 2.45) is 0 Å². The molecular formula is C19H21N5O4S. The molecular weight excluding hydrogens is 394 g/mol. The summed E-state index contributed by atoms with van der Waals surface area (Å²) in [6.45, 7) is 1.62. The Morgan fingerprint density at radius 1 is 1.28 bits per heavy atom. The zero-order chi connectivity index (χ0) is 20.6. The van der Waals surface area contributed by atoms with Crippen LogP contribution >= 0.6 is 0 Å². The van der Waals surface area contributed by atoms with Gasteiger partial charge in [-0.3, -0.25) is 4.79 Å². The summed E-state index contributed by atoms with van der Waals surface area (Å²) >= 11 is 0. The lowest BCUT2D eigenvalue weighted by Crippen LogP contribution is -2.45. The van der Waals surface area contributed by atoms with E-state index >= 15 is 0 Å². The summed E-state index contributed by atoms with van der Waals surface area (Å²) in [7, 11) is -3.25. The highest BCUT2D eigenvalue weighted by Gasteiger charge is 2.36. The summed E-state index contributed by atoms with van der Waals surface area (Å²) in [6, 6.07) is 11.0. The standard InChI is InChI=1S/C19H21N5O4S/c1-12(29(2,26)27)17-11-20-23-24(17)15-8-14(9-15)21-19(25)18-10-16(22-28-18)13-6-4-3-5-7-13/h3-7,10-12,14-15H,8-9H2,1-2H3,(H,21,25)/t12?,14-,15-. The maximum Gasteiger partial charge on any atom is 0.290 e. The van der Waals surface area contributed by atoms with Crippen molar-refractivity contribution < 1.29 is 17.7 Å². The van der Waals surface area contributed by atoms with Crippen LogP contribution in [0, 0.1) is 0 Å². The van der Waals surface area contributed by atoms with E-state index in [0.29, 0.717) is 24.2 Å². The topological polar surface area (TPSA) is 120 Å². The van der Waals surface area contributed by atoms with Gasteiger partial charge in [-0.2, -0.15) is 0 Å². The second-order valence-corrected chi connectivity index (χ2v) is 9.68. The quantitative estimate of drug-likeness (QED) is 0.655. The molecule has 2 heterocycles. The van der Waals surface area contributed by atoms with Crippen LogP contribution in [0.1, 0.15) is 47.3 Å². The van der Waals surface area contributed by atoms with Crippen LogP contribution in [0.25, 0.3) is 11.3 Å². The third-order valence-corrected chi connectivity index (χ3v) is 6.79. The van der Waals surface area contributed by atoms with Crippen LogP contribution in [0.5, 0.6) is 0 Å². The molecule has 3 aromatic rings. The molecule has 1 aliphatic carbocycles. The molecule has 1 atom stereocenters. The lowest BCUT2D eigenvalue weighted by atomic mass is 9.86. The smallest absolute Gasteiger partial charge is 0.290 e. The van der Waals surface area contributed by atoms with Crippen LogP contribution in [0.15, 0.2) is 47.1 Å². The molecule has 1 aliphatic rings. The number of hydrogen-bond donors (Lipinski definition) is 1. The van der Waals surface area contributed by atoms with Crippen molar-refractivity contribution in [1.82, 2.24) is 25.5 Å². The Bertz CT molecular complexity index is 1120. The monoisotopic (exact) mass is 415 g/mol. The Morgan fingerprint density at radius 3 is 2.69 bits per heavy atom. The molecule has 9 nitrogen and oxygen atoms in total. The minimum Gasteiger partial charge on any atom is -0.350 e. The van der Waals surface area contributed by atoms with Gasteiger partial charge < -0.3 is 9.84 Å². The number of hydrogen-bond acceptors (Lipinski definition) is 7. The highest BCUT2D eigenvalue weighted by atomic mass is 32.2. The number of rotatable bonds is 6. The van der Waals surface area contributed by atoms with Crippen molar-refractivity contribution in [3.63, 3.8) is 0 Å². The van der Waals surface area contributed by atoms with Crippen LogP contribution in [-0.2, 0) is 9.84 Å². The fraction of sp³-hybridized carbons (Fsp3) is 0.368. The van der Waals surface area contributed by atoms with Gasteiger partial charge in [-0.15, -0.1) is 5.10 Å². The first kappa shape index (κ1) is 19.3. The van der Waals surface area contributed by atoms with Gasteiger partial charge in [-0.05, 0) is 19.8 Å². The van der Waals surface area contributed by atoms with Gasteiger partial charge in [0.15, 0.2) is 9.84 Å². The number of carbonyl (C=O) groups excluding carboxylic acids is 1. The SMILES string of the molecule is CC(c1cnnn1[C@H]1C[C@H](NC(=O)c2cc(-c3ccccc3)no2)C1)S(C)(=O)=O. The minimum absolute atomic E-state index is 0.00314. The summed E-state index contributed by atoms with van der Waals surface area (Å²) < 4.78 is 30.5. The van der Waals surface area contributed by atoms with E-state index in [4.69, 9.17) is 4.52 Å². The molecule has 1 fully saturated rings. The molecule has 10 heteroatoms. The third kappa shape index (κ3) is 3.93. The molecule has 0 aliphatic heterocycles. The molecule has 29 heavy (non-hydrogen) atoms. The highest BCUT2D eigenvalue weighted by Crippen LogP contribution is 2.35. The molecule has 4 rings (SSSR count). The van der Waals surface area contributed by atoms with Gasteiger partial charge in [-0.25, -0.2) is 13.1 Å². The second kappa shape index (κ2) is 7.43. The number of carbonyl (C=O) groups is 1. The minimum atomic E-state index is -3.25. The van der Waals surface area contributed by atoms with Crippen molar-refractivity contribution in [3.05, 3.63) is 54.0 Å². The Hall–Kier alpha value is -3.01. The lowest BCUT2D eigenvalue weighted by Gasteiger charge is -2.36. The summed E-state index contributed by atoms with van der Waals surface area (Å²) in [5.41, 5.74) is 2.03. The number of amides is 1. The van der Waals surface area contributed by atoms with Crippen molar-refractivity contribution in [2.45, 2.75) is 37.1 Å². The molecule has 0 spiro atoms. The van der Waals surface area contributed by atoms with E-state index in [1.165, 1.54) is 12.5 Å². The van der Waals surface area contributed by atoms with Crippen molar-refractivity contribution in [3.8, 4) is 11.3 Å². The zero-order valence-corrected chi connectivity index (χ0v) is 16.8. The number of sulfone groups is 1. The van der Waals surface area contributed by atoms with Crippen molar-refractivity contribution in [2.75, 3.05) is 6.26 Å². The molecule has 0 saturated heterocycles. The number of aromatic nitrogens is 4. The van der Waals surface area contributed by atoms with E-state index in [1.807, 2.05) is 30.3 Å². The van der Waals surface area contributed by atoms with E-state index in [-0.39, 0.29) is 23.8 Å². The Kier molecular flexibility index (Phi) is 4.95. The van der Waals surface area contributed by atoms with Crippen molar-refractivity contribution in [1.29, 1.82) is 0 Å². The van der Waals surface area contributed by atoms with Gasteiger partial charge in [0.05, 0.1) is 17.9 Å². The second-order valence-electron chi connectivity index (χ2n) is 7.31. The third-order valence-electron chi connectivity index (χ3n) is 5.26. The van der Waals surface area contributed by atoms with Crippen LogP contribution in [0.2, 0.25) is 0 Å². The first-order chi connectivity index (χ1) is 13.8. The Balaban J connectivity index is 1.37. The van der Waals surface area contributed by atoms with Crippen molar-refractivity contribution >= 4 is 15.7 Å². The Labute approximate surface area is 168 Å². The van der Waals surface area contributed by atoms with Gasteiger partial charge in [0.2, 0.25) is 5.76 Å². The first-order valence-corrected chi connectivity index (χ1v) is 11.2. The zero-order valence-electron chi connectivity index (χ0n) is 16.0. The van der Waals surface area contributed by atoms with E-state index in [1.54, 1.807) is 17.7 Å². The fourth-order valence-corrected chi connectivity index (χ4v) is 3.94. The molecule has 2 aromatic heterocycles. The average molecular weight is 415 g/mol. The van der Waals surface area contributed by atoms with Crippen LogP contribution in [-0.4, -0.2) is 46.8 Å². The van der Waals surface area contributed by atoms with Gasteiger partial charge in [-0.1, -0.05) is 40.7 Å². The largest absolute Gasteiger partial charge is 0.350 e. The van der Waals surface area contributed by atoms with E-state index < -0.39 is 15.1 Å². The van der Waals surface area contributed by atoms with Gasteiger partial charge in [0.25, 0.3) is 5.91 Å². The Morgan fingerprint density at radius 2 is 2.00 bits per heavy atom. The lowest BCUT2D eigenvalue weighted by molar-refractivity contribution is 0.0849. The van der Waals surface area contributed by atoms with E-state index in [9.17, 15) is 13.2 Å². The predicted molar refractivity (Wildman–Crippen MR) is 105 cm³/mol. The van der Waals surface area contributed by atoms with Crippen LogP contribution in [0.3, 0.4) is 0 Å². The summed E-state index contributed by atoms with van der Waals surface area (Å²) in [6.07, 6.45) is 3.95. The molecule has 152 valence electrons. The maximum atomic E-state index is 12.4. The fourth-order valence-electron chi connectivity index (χ4n) is 3.33. The molecule has 0 radical (unpaired) electrons. The molecule has 1 N–H and O–H groups in total. The first-order valence-electron chi connectivity index (χ1n) is 9.25. The molecule has 1 saturated carbocycles.